The number of phenols is 2. The molecule has 410 valence electrons. The monoisotopic (exact) mass is 1040 g/mol. The van der Waals surface area contributed by atoms with Crippen LogP contribution in [-0.2, 0) is 58.6 Å². The number of methoxy groups -OCH3 is 1. The van der Waals surface area contributed by atoms with Gasteiger partial charge in [-0.05, 0) is 78.0 Å². The number of fused-ring (bicyclic) bond motifs is 2. The van der Waals surface area contributed by atoms with Crippen LogP contribution < -0.4 is 4.74 Å². The zero-order valence-corrected chi connectivity index (χ0v) is 42.0. The summed E-state index contributed by atoms with van der Waals surface area (Å²) < 4.78 is 66.4. The molecular weight excluding hydrogens is 969 g/mol. The maximum atomic E-state index is 14.9. The Morgan fingerprint density at radius 1 is 0.616 bits per heavy atom. The van der Waals surface area contributed by atoms with Crippen LogP contribution in [0, 0.1) is 12.8 Å². The molecule has 23 heteroatoms. The van der Waals surface area contributed by atoms with Gasteiger partial charge in [-0.25, -0.2) is 0 Å². The number of ketones is 2. The molecule has 0 amide bonds. The second-order valence-electron chi connectivity index (χ2n) is 20.5. The summed E-state index contributed by atoms with van der Waals surface area (Å²) in [6, 6.07) is 3.11. The van der Waals surface area contributed by atoms with Crippen LogP contribution in [-0.4, -0.2) is 211 Å². The molecule has 0 unspecified atom stereocenters. The first-order chi connectivity index (χ1) is 34.4. The van der Waals surface area contributed by atoms with E-state index in [1.165, 1.54) is 20.1 Å². The maximum absolute atomic E-state index is 14.9. The number of ether oxygens (including phenoxy) is 11. The third-order valence-electron chi connectivity index (χ3n) is 15.3. The van der Waals surface area contributed by atoms with Crippen molar-refractivity contribution in [3.05, 3.63) is 28.8 Å². The average Bonchev–Trinajstić information content (AvgIpc) is 3.32. The van der Waals surface area contributed by atoms with E-state index in [1.807, 2.05) is 0 Å². The van der Waals surface area contributed by atoms with Gasteiger partial charge in [-0.2, -0.15) is 0 Å². The smallest absolute Gasteiger partial charge is 0.202 e. The second-order valence-corrected chi connectivity index (χ2v) is 20.5. The lowest BCUT2D eigenvalue weighted by Gasteiger charge is -2.45. The largest absolute Gasteiger partial charge is 0.507 e. The fraction of sp³-hybridized carbons (Fsp3) is 0.760. The first-order valence-electron chi connectivity index (χ1n) is 25.0. The average molecular weight is 1040 g/mol. The van der Waals surface area contributed by atoms with E-state index in [-0.39, 0.29) is 71.7 Å². The second kappa shape index (κ2) is 22.7. The molecule has 0 aromatic heterocycles. The maximum Gasteiger partial charge on any atom is 0.202 e. The van der Waals surface area contributed by atoms with Crippen LogP contribution in [0.3, 0.4) is 0 Å². The summed E-state index contributed by atoms with van der Waals surface area (Å²) in [5.74, 6) is -3.41. The Kier molecular flexibility index (Phi) is 17.4. The molecule has 0 spiro atoms. The Morgan fingerprint density at radius 2 is 1.04 bits per heavy atom. The van der Waals surface area contributed by atoms with Gasteiger partial charge in [0.25, 0.3) is 0 Å². The molecular formula is C50H72O23. The van der Waals surface area contributed by atoms with Crippen LogP contribution in [0.1, 0.15) is 95.1 Å². The Balaban J connectivity index is 1.03. The molecule has 5 heterocycles. The molecule has 1 aliphatic carbocycles. The van der Waals surface area contributed by atoms with Crippen molar-refractivity contribution < 1.29 is 113 Å². The molecule has 73 heavy (non-hydrogen) atoms. The summed E-state index contributed by atoms with van der Waals surface area (Å²) in [7, 11) is 1.26. The molecule has 5 fully saturated rings. The summed E-state index contributed by atoms with van der Waals surface area (Å²) in [6.45, 7) is 10.7. The predicted molar refractivity (Wildman–Crippen MR) is 248 cm³/mol. The SMILES string of the molecule is CO[C@@H]([C@@H]1Cc2cc3cc(O[C@H]4C[C@@H](O[C@H]5C[C@@H](O)[C@H](O)[C@@H](C)O5)[C@H](O)[C@@H](C)O4)c(C)c(O)c3c(O)c2C(=O)[C@H]1O[C@H]1C[C@@H](O[C@H]2C[C@@H](O[C@H]3C[C@H](O)[C@H](O)[C@@H](C)O3)[C@@H](O)[C@@H](C)O2)[C@H](O)[C@@H](C)O1)[C@@H](O)C(C)=O. The lowest BCUT2D eigenvalue weighted by atomic mass is 9.75. The van der Waals surface area contributed by atoms with Gasteiger partial charge in [0, 0.05) is 50.7 Å². The standard InChI is InChI=1S/C50H72O23/c1-17-29(69-35-14-30(44(58)21(5)66-35)70-33-12-27(52)42(56)19(3)64-33)11-25-9-24-10-26(49(63-8)41(55)18(2)51)50(48(62)39(24)47(61)38(25)40(17)54)73-37-16-32(46(60)23(7)68-37)72-36-15-31(45(59)22(6)67-36)71-34-13-28(53)43(57)20(4)65-34/h9,11,19-23,26-28,30-37,41-46,49-50,52-61H,10,12-16H2,1-8H3/t19-,20-,21-,22-,23-,26+,27-,28+,30-,31-,32-,33+,34+,35+,36+,37+,41+,42-,43-,44-,45+,46-,49+,50+/m1/s1. The highest BCUT2D eigenvalue weighted by Crippen LogP contribution is 2.47. The van der Waals surface area contributed by atoms with E-state index in [9.17, 15) is 60.7 Å². The molecule has 10 N–H and O–H groups in total. The van der Waals surface area contributed by atoms with Crippen LogP contribution in [0.25, 0.3) is 10.8 Å². The Hall–Kier alpha value is -3.28. The molecule has 24 atom stereocenters. The van der Waals surface area contributed by atoms with Crippen LogP contribution in [0.4, 0.5) is 0 Å². The Morgan fingerprint density at radius 3 is 1.49 bits per heavy atom. The number of aliphatic hydroxyl groups excluding tert-OH is 8. The minimum atomic E-state index is -1.72. The molecule has 8 rings (SSSR count). The number of Topliss-reactive ketones (excluding diaryl/α,β-unsaturated/α-hetero) is 2. The zero-order valence-electron chi connectivity index (χ0n) is 42.0. The van der Waals surface area contributed by atoms with Crippen molar-refractivity contribution in [1.82, 2.24) is 0 Å². The molecule has 0 radical (unpaired) electrons. The van der Waals surface area contributed by atoms with Crippen molar-refractivity contribution in [3.63, 3.8) is 0 Å². The van der Waals surface area contributed by atoms with E-state index < -0.39 is 170 Å². The summed E-state index contributed by atoms with van der Waals surface area (Å²) >= 11 is 0. The summed E-state index contributed by atoms with van der Waals surface area (Å²) in [4.78, 5) is 27.6. The number of benzene rings is 2. The van der Waals surface area contributed by atoms with Crippen molar-refractivity contribution in [1.29, 1.82) is 0 Å². The summed E-state index contributed by atoms with van der Waals surface area (Å²) in [5.41, 5.74) is 0.218. The Bertz CT molecular complexity index is 2240. The van der Waals surface area contributed by atoms with E-state index in [2.05, 4.69) is 0 Å². The van der Waals surface area contributed by atoms with Gasteiger partial charge in [0.15, 0.2) is 36.7 Å². The molecule has 23 nitrogen and oxygen atoms in total. The zero-order chi connectivity index (χ0) is 53.1. The van der Waals surface area contributed by atoms with Crippen molar-refractivity contribution in [2.75, 3.05) is 7.11 Å². The minimum absolute atomic E-state index is 0.0158. The van der Waals surface area contributed by atoms with Crippen LogP contribution in [0.15, 0.2) is 12.1 Å². The predicted octanol–water partition coefficient (Wildman–Crippen LogP) is -0.000280. The van der Waals surface area contributed by atoms with E-state index in [1.54, 1.807) is 40.7 Å². The fourth-order valence-corrected chi connectivity index (χ4v) is 10.9. The first kappa shape index (κ1) is 55.9. The summed E-state index contributed by atoms with van der Waals surface area (Å²) in [6.07, 6.45) is -25.1. The van der Waals surface area contributed by atoms with Crippen LogP contribution in [0.5, 0.6) is 17.2 Å². The van der Waals surface area contributed by atoms with E-state index in [4.69, 9.17) is 52.1 Å². The summed E-state index contributed by atoms with van der Waals surface area (Å²) in [5, 5.41) is 109. The highest BCUT2D eigenvalue weighted by atomic mass is 16.7. The van der Waals surface area contributed by atoms with Crippen molar-refractivity contribution >= 4 is 22.3 Å². The van der Waals surface area contributed by atoms with Gasteiger partial charge < -0.3 is 103 Å². The van der Waals surface area contributed by atoms with Crippen molar-refractivity contribution in [3.8, 4) is 17.2 Å². The van der Waals surface area contributed by atoms with Gasteiger partial charge in [0.1, 0.15) is 60.0 Å². The number of carbonyl (C=O) groups is 2. The molecule has 2 aromatic rings. The van der Waals surface area contributed by atoms with Gasteiger partial charge in [-0.1, -0.05) is 0 Å². The molecule has 0 saturated carbocycles. The Labute approximate surface area is 421 Å². The number of hydrogen-bond donors (Lipinski definition) is 10. The molecule has 5 aliphatic heterocycles. The number of rotatable bonds is 14. The molecule has 5 saturated heterocycles. The van der Waals surface area contributed by atoms with E-state index in [0.717, 1.165) is 6.92 Å². The van der Waals surface area contributed by atoms with Crippen LogP contribution in [0.2, 0.25) is 0 Å². The lowest BCUT2D eigenvalue weighted by Crippen LogP contribution is -2.56. The van der Waals surface area contributed by atoms with Crippen molar-refractivity contribution in [2.45, 2.75) is 228 Å². The molecule has 0 bridgehead atoms. The fourth-order valence-electron chi connectivity index (χ4n) is 10.9. The number of aliphatic hydroxyl groups is 8. The highest BCUT2D eigenvalue weighted by Gasteiger charge is 2.50. The van der Waals surface area contributed by atoms with E-state index in [0.29, 0.717) is 0 Å². The van der Waals surface area contributed by atoms with Gasteiger partial charge in [-0.3, -0.25) is 9.59 Å². The number of hydrogen-bond acceptors (Lipinski definition) is 23. The topological polar surface area (TPSA) is 338 Å². The van der Waals surface area contributed by atoms with Gasteiger partial charge in [-0.15, -0.1) is 0 Å². The first-order valence-corrected chi connectivity index (χ1v) is 25.0. The molecule has 2 aromatic carbocycles. The lowest BCUT2D eigenvalue weighted by molar-refractivity contribution is -0.329. The molecule has 6 aliphatic rings. The minimum Gasteiger partial charge on any atom is -0.507 e. The quantitative estimate of drug-likeness (QED) is 0.119. The highest BCUT2D eigenvalue weighted by molar-refractivity contribution is 6.11. The van der Waals surface area contributed by atoms with Gasteiger partial charge in [0.2, 0.25) is 6.29 Å². The number of carbonyl (C=O) groups excluding carboxylic acids is 2. The number of phenolic OH excluding ortho intramolecular Hbond substituents is 2. The third kappa shape index (κ3) is 11.6. The normalized spacial score (nSPS) is 42.3. The van der Waals surface area contributed by atoms with Gasteiger partial charge in [0.05, 0.1) is 78.1 Å². The van der Waals surface area contributed by atoms with Gasteiger partial charge >= 0.3 is 0 Å². The van der Waals surface area contributed by atoms with E-state index >= 15 is 0 Å². The van der Waals surface area contributed by atoms with Crippen molar-refractivity contribution in [2.24, 2.45) is 5.92 Å². The number of aromatic hydroxyl groups is 2. The third-order valence-corrected chi connectivity index (χ3v) is 15.3. The van der Waals surface area contributed by atoms with Crippen LogP contribution >= 0.6 is 0 Å².